The number of rotatable bonds is 10. The van der Waals surface area contributed by atoms with Gasteiger partial charge < -0.3 is 14.7 Å². The maximum Gasteiger partial charge on any atom is 0.242 e. The summed E-state index contributed by atoms with van der Waals surface area (Å²) in [4.78, 5) is 31.9. The second-order valence-corrected chi connectivity index (χ2v) is 14.6. The Balaban J connectivity index is 1.29. The zero-order valence-electron chi connectivity index (χ0n) is 24.8. The van der Waals surface area contributed by atoms with Gasteiger partial charge in [-0.25, -0.2) is 12.7 Å². The van der Waals surface area contributed by atoms with Crippen LogP contribution in [0.5, 0.6) is 0 Å². The lowest BCUT2D eigenvalue weighted by Crippen LogP contribution is -2.45. The molecule has 0 aromatic heterocycles. The first kappa shape index (κ1) is 32.7. The van der Waals surface area contributed by atoms with Gasteiger partial charge in [-0.1, -0.05) is 35.3 Å². The molecule has 0 aliphatic carbocycles. The number of carbonyl (C=O) groups excluding carboxylic acids is 2. The van der Waals surface area contributed by atoms with E-state index in [1.807, 2.05) is 28.0 Å². The highest BCUT2D eigenvalue weighted by Gasteiger charge is 2.30. The van der Waals surface area contributed by atoms with Crippen LogP contribution in [0.25, 0.3) is 0 Å². The van der Waals surface area contributed by atoms with Crippen LogP contribution in [0.2, 0.25) is 10.0 Å². The van der Waals surface area contributed by atoms with Crippen molar-refractivity contribution in [2.75, 3.05) is 58.3 Å². The molecule has 2 saturated heterocycles. The average molecular weight is 638 g/mol. The van der Waals surface area contributed by atoms with Crippen LogP contribution in [0.1, 0.15) is 44.6 Å². The minimum Gasteiger partial charge on any atom is -0.343 e. The number of anilines is 1. The summed E-state index contributed by atoms with van der Waals surface area (Å²) in [6.07, 6.45) is 5.28. The van der Waals surface area contributed by atoms with Crippen LogP contribution in [0.3, 0.4) is 0 Å². The molecule has 0 N–H and O–H groups in total. The monoisotopic (exact) mass is 636 g/mol. The zero-order valence-corrected chi connectivity index (χ0v) is 27.1. The summed E-state index contributed by atoms with van der Waals surface area (Å²) in [5.74, 6) is 0.578. The Morgan fingerprint density at radius 2 is 1.55 bits per heavy atom. The molecule has 0 radical (unpaired) electrons. The molecule has 2 aliphatic heterocycles. The van der Waals surface area contributed by atoms with Crippen molar-refractivity contribution < 1.29 is 18.0 Å². The normalized spacial score (nSPS) is 17.5. The number of hydrogen-bond donors (Lipinski definition) is 0. The highest BCUT2D eigenvalue weighted by molar-refractivity contribution is 7.89. The quantitative estimate of drug-likeness (QED) is 0.359. The van der Waals surface area contributed by atoms with E-state index in [2.05, 4.69) is 4.90 Å². The third-order valence-electron chi connectivity index (χ3n) is 8.56. The fourth-order valence-corrected chi connectivity index (χ4v) is 7.08. The molecule has 4 rings (SSSR count). The van der Waals surface area contributed by atoms with Crippen LogP contribution in [-0.2, 0) is 26.0 Å². The van der Waals surface area contributed by atoms with Crippen molar-refractivity contribution in [1.82, 2.24) is 14.1 Å². The number of benzene rings is 2. The molecule has 2 aromatic rings. The standard InChI is InChI=1S/C31H42Cl2N4O4S/c1-23(38)36-19-13-26(14-20-36)31(39)37(27-7-10-29(32)30(33)22-27)16-4-15-35-17-11-25(12-18-35)21-24-5-8-28(9-6-24)42(40,41)34(2)3/h5-10,22,25-26H,4,11-21H2,1-3H3. The molecule has 2 aromatic carbocycles. The van der Waals surface area contributed by atoms with Gasteiger partial charge in [0.25, 0.3) is 0 Å². The van der Waals surface area contributed by atoms with Gasteiger partial charge in [-0.2, -0.15) is 0 Å². The van der Waals surface area contributed by atoms with Gasteiger partial charge in [0, 0.05) is 52.3 Å². The van der Waals surface area contributed by atoms with Crippen molar-refractivity contribution >= 4 is 50.7 Å². The molecule has 2 aliphatic rings. The average Bonchev–Trinajstić information content (AvgIpc) is 2.97. The van der Waals surface area contributed by atoms with E-state index in [0.717, 1.165) is 56.6 Å². The fraction of sp³-hybridized carbons (Fsp3) is 0.548. The smallest absolute Gasteiger partial charge is 0.242 e. The van der Waals surface area contributed by atoms with Crippen LogP contribution < -0.4 is 4.90 Å². The van der Waals surface area contributed by atoms with E-state index in [1.165, 1.54) is 4.31 Å². The topological polar surface area (TPSA) is 81.2 Å². The Labute approximate surface area is 260 Å². The van der Waals surface area contributed by atoms with E-state index < -0.39 is 10.0 Å². The largest absolute Gasteiger partial charge is 0.343 e. The number of likely N-dealkylation sites (tertiary alicyclic amines) is 2. The van der Waals surface area contributed by atoms with Crippen LogP contribution in [0.15, 0.2) is 47.4 Å². The first-order valence-electron chi connectivity index (χ1n) is 14.7. The summed E-state index contributed by atoms with van der Waals surface area (Å²) in [6.45, 7) is 6.28. The summed E-state index contributed by atoms with van der Waals surface area (Å²) in [5.41, 5.74) is 1.92. The van der Waals surface area contributed by atoms with Crippen LogP contribution in [-0.4, -0.2) is 87.7 Å². The maximum absolute atomic E-state index is 13.7. The molecule has 230 valence electrons. The molecular weight excluding hydrogens is 595 g/mol. The molecule has 0 atom stereocenters. The molecule has 42 heavy (non-hydrogen) atoms. The molecule has 0 saturated carbocycles. The summed E-state index contributed by atoms with van der Waals surface area (Å²) in [5, 5.41) is 0.884. The summed E-state index contributed by atoms with van der Waals surface area (Å²) < 4.78 is 25.9. The summed E-state index contributed by atoms with van der Waals surface area (Å²) >= 11 is 12.5. The van der Waals surface area contributed by atoms with Crippen LogP contribution >= 0.6 is 23.2 Å². The fourth-order valence-electron chi connectivity index (χ4n) is 5.89. The Morgan fingerprint density at radius 3 is 2.12 bits per heavy atom. The van der Waals surface area contributed by atoms with Gasteiger partial charge >= 0.3 is 0 Å². The van der Waals surface area contributed by atoms with Crippen molar-refractivity contribution in [1.29, 1.82) is 0 Å². The Hall–Kier alpha value is -2.17. The lowest BCUT2D eigenvalue weighted by atomic mass is 9.90. The van der Waals surface area contributed by atoms with Crippen molar-refractivity contribution in [3.05, 3.63) is 58.1 Å². The third kappa shape index (κ3) is 8.26. The number of nitrogens with zero attached hydrogens (tertiary/aromatic N) is 4. The lowest BCUT2D eigenvalue weighted by Gasteiger charge is -2.35. The van der Waals surface area contributed by atoms with Gasteiger partial charge in [-0.3, -0.25) is 9.59 Å². The summed E-state index contributed by atoms with van der Waals surface area (Å²) in [7, 11) is -0.329. The van der Waals surface area contributed by atoms with E-state index in [0.29, 0.717) is 53.3 Å². The Morgan fingerprint density at radius 1 is 0.905 bits per heavy atom. The molecule has 2 fully saturated rings. The molecule has 0 bridgehead atoms. The first-order valence-corrected chi connectivity index (χ1v) is 16.9. The van der Waals surface area contributed by atoms with Crippen molar-refractivity contribution in [3.63, 3.8) is 0 Å². The van der Waals surface area contributed by atoms with E-state index in [9.17, 15) is 18.0 Å². The van der Waals surface area contributed by atoms with Gasteiger partial charge in [0.1, 0.15) is 0 Å². The molecule has 0 spiro atoms. The number of amides is 2. The minimum absolute atomic E-state index is 0.0550. The SMILES string of the molecule is CC(=O)N1CCC(C(=O)N(CCCN2CCC(Cc3ccc(S(=O)(=O)N(C)C)cc3)CC2)c2ccc(Cl)c(Cl)c2)CC1. The molecule has 2 amide bonds. The van der Waals surface area contributed by atoms with Gasteiger partial charge in [-0.05, 0) is 100.0 Å². The highest BCUT2D eigenvalue weighted by atomic mass is 35.5. The van der Waals surface area contributed by atoms with E-state index >= 15 is 0 Å². The van der Waals surface area contributed by atoms with Gasteiger partial charge in [0.05, 0.1) is 14.9 Å². The van der Waals surface area contributed by atoms with Crippen LogP contribution in [0.4, 0.5) is 5.69 Å². The van der Waals surface area contributed by atoms with E-state index in [-0.39, 0.29) is 17.7 Å². The van der Waals surface area contributed by atoms with E-state index in [4.69, 9.17) is 23.2 Å². The number of hydrogen-bond acceptors (Lipinski definition) is 5. The first-order chi connectivity index (χ1) is 20.0. The molecule has 0 unspecified atom stereocenters. The second kappa shape index (κ2) is 14.5. The molecule has 8 nitrogen and oxygen atoms in total. The predicted molar refractivity (Wildman–Crippen MR) is 169 cm³/mol. The number of piperidine rings is 2. The van der Waals surface area contributed by atoms with Crippen LogP contribution in [0, 0.1) is 11.8 Å². The molecule has 2 heterocycles. The van der Waals surface area contributed by atoms with Crippen molar-refractivity contribution in [2.24, 2.45) is 11.8 Å². The number of carbonyl (C=O) groups is 2. The minimum atomic E-state index is -3.41. The van der Waals surface area contributed by atoms with Crippen molar-refractivity contribution in [2.45, 2.75) is 50.3 Å². The Bertz CT molecular complexity index is 1340. The second-order valence-electron chi connectivity index (χ2n) is 11.6. The maximum atomic E-state index is 13.7. The predicted octanol–water partition coefficient (Wildman–Crippen LogP) is 5.18. The summed E-state index contributed by atoms with van der Waals surface area (Å²) in [6, 6.07) is 12.6. The number of halogens is 2. The Kier molecular flexibility index (Phi) is 11.3. The molecule has 11 heteroatoms. The highest BCUT2D eigenvalue weighted by Crippen LogP contribution is 2.30. The zero-order chi connectivity index (χ0) is 30.4. The molecular formula is C31H42Cl2N4O4S. The van der Waals surface area contributed by atoms with Crippen molar-refractivity contribution in [3.8, 4) is 0 Å². The van der Waals surface area contributed by atoms with Gasteiger partial charge in [0.15, 0.2) is 0 Å². The van der Waals surface area contributed by atoms with Gasteiger partial charge in [0.2, 0.25) is 21.8 Å². The lowest BCUT2D eigenvalue weighted by molar-refractivity contribution is -0.133. The third-order valence-corrected chi connectivity index (χ3v) is 11.1. The van der Waals surface area contributed by atoms with Gasteiger partial charge in [-0.15, -0.1) is 0 Å². The number of sulfonamides is 1. The van der Waals surface area contributed by atoms with E-state index in [1.54, 1.807) is 45.3 Å².